The van der Waals surface area contributed by atoms with Crippen LogP contribution in [0.1, 0.15) is 6.92 Å². The summed E-state index contributed by atoms with van der Waals surface area (Å²) in [4.78, 5) is 0. The van der Waals surface area contributed by atoms with Crippen molar-refractivity contribution in [1.29, 1.82) is 0 Å². The van der Waals surface area contributed by atoms with E-state index in [4.69, 9.17) is 14.9 Å². The van der Waals surface area contributed by atoms with Crippen LogP contribution in [0.4, 0.5) is 0 Å². The van der Waals surface area contributed by atoms with Crippen LogP contribution >= 0.6 is 0 Å². The van der Waals surface area contributed by atoms with Crippen molar-refractivity contribution in [2.24, 2.45) is 0 Å². The molecule has 54 valence electrons. The molecule has 0 fully saturated rings. The fourth-order valence-corrected chi connectivity index (χ4v) is 0.409. The molecule has 2 N–H and O–H groups in total. The average molecular weight is 132 g/mol. The van der Waals surface area contributed by atoms with Crippen molar-refractivity contribution < 1.29 is 14.9 Å². The molecule has 0 aromatic rings. The van der Waals surface area contributed by atoms with Gasteiger partial charge >= 0.3 is 0 Å². The van der Waals surface area contributed by atoms with Gasteiger partial charge in [-0.1, -0.05) is 6.92 Å². The van der Waals surface area contributed by atoms with Gasteiger partial charge in [0, 0.05) is 6.61 Å². The van der Waals surface area contributed by atoms with Crippen molar-refractivity contribution in [2.45, 2.75) is 19.0 Å². The fourth-order valence-electron chi connectivity index (χ4n) is 0.409. The Morgan fingerprint density at radius 3 is 2.33 bits per heavy atom. The Bertz CT molecular complexity index is 57.2. The molecule has 0 rings (SSSR count). The van der Waals surface area contributed by atoms with Crippen molar-refractivity contribution >= 4 is 7.85 Å². The summed E-state index contributed by atoms with van der Waals surface area (Å²) in [5, 5.41) is 16.6. The van der Waals surface area contributed by atoms with E-state index in [2.05, 4.69) is 0 Å². The first-order valence-corrected chi connectivity index (χ1v) is 3.06. The molecule has 0 bridgehead atoms. The van der Waals surface area contributed by atoms with Crippen LogP contribution in [0, 0.1) is 0 Å². The SMILES string of the molecule is BC(C)COCC(O)O. The van der Waals surface area contributed by atoms with Crippen molar-refractivity contribution in [1.82, 2.24) is 0 Å². The van der Waals surface area contributed by atoms with Gasteiger partial charge in [0.25, 0.3) is 0 Å². The van der Waals surface area contributed by atoms with E-state index in [0.29, 0.717) is 12.4 Å². The predicted molar refractivity (Wildman–Crippen MR) is 37.0 cm³/mol. The molecule has 0 saturated heterocycles. The molecule has 1 unspecified atom stereocenters. The molecule has 0 heterocycles. The van der Waals surface area contributed by atoms with Gasteiger partial charge in [0.1, 0.15) is 7.85 Å². The molecular weight excluding hydrogens is 119 g/mol. The molecule has 4 heteroatoms. The monoisotopic (exact) mass is 132 g/mol. The van der Waals surface area contributed by atoms with Gasteiger partial charge in [-0.25, -0.2) is 0 Å². The van der Waals surface area contributed by atoms with Crippen LogP contribution in [0.25, 0.3) is 0 Å². The summed E-state index contributed by atoms with van der Waals surface area (Å²) in [7, 11) is 2.00. The van der Waals surface area contributed by atoms with Crippen molar-refractivity contribution in [2.75, 3.05) is 13.2 Å². The fraction of sp³-hybridized carbons (Fsp3) is 1.00. The topological polar surface area (TPSA) is 49.7 Å². The van der Waals surface area contributed by atoms with Crippen LogP contribution in [-0.4, -0.2) is 37.6 Å². The molecule has 0 aromatic heterocycles. The van der Waals surface area contributed by atoms with Gasteiger partial charge in [-0.3, -0.25) is 0 Å². The first-order valence-electron chi connectivity index (χ1n) is 3.06. The number of aliphatic hydroxyl groups is 2. The maximum absolute atomic E-state index is 8.30. The van der Waals surface area contributed by atoms with Crippen LogP contribution in [0.15, 0.2) is 0 Å². The average Bonchev–Trinajstić information content (AvgIpc) is 1.63. The minimum atomic E-state index is -1.33. The minimum Gasteiger partial charge on any atom is -0.377 e. The molecule has 0 radical (unpaired) electrons. The largest absolute Gasteiger partial charge is 0.377 e. The summed E-state index contributed by atoms with van der Waals surface area (Å²) in [6.45, 7) is 2.60. The van der Waals surface area contributed by atoms with Crippen molar-refractivity contribution in [3.63, 3.8) is 0 Å². The Morgan fingerprint density at radius 2 is 2.00 bits per heavy atom. The first-order chi connectivity index (χ1) is 4.13. The third-order valence-corrected chi connectivity index (χ3v) is 0.718. The molecule has 1 atom stereocenters. The smallest absolute Gasteiger partial charge is 0.175 e. The van der Waals surface area contributed by atoms with Crippen LogP contribution in [0.3, 0.4) is 0 Å². The summed E-state index contributed by atoms with van der Waals surface area (Å²) < 4.78 is 4.86. The Hall–Kier alpha value is -0.0551. The predicted octanol–water partition coefficient (Wildman–Crippen LogP) is -1.24. The lowest BCUT2D eigenvalue weighted by molar-refractivity contribution is -0.0943. The Labute approximate surface area is 56.1 Å². The molecule has 0 aromatic carbocycles. The normalized spacial score (nSPS) is 14.2. The second kappa shape index (κ2) is 4.79. The van der Waals surface area contributed by atoms with Gasteiger partial charge in [-0.05, 0) is 5.82 Å². The van der Waals surface area contributed by atoms with E-state index >= 15 is 0 Å². The highest BCUT2D eigenvalue weighted by Crippen LogP contribution is 1.94. The molecule has 0 saturated carbocycles. The standard InChI is InChI=1S/C5H13BO3/c1-4(6)2-9-3-5(7)8/h4-5,7-8H,2-3,6H2,1H3. The Kier molecular flexibility index (Phi) is 4.76. The van der Waals surface area contributed by atoms with Gasteiger partial charge in [0.15, 0.2) is 6.29 Å². The highest BCUT2D eigenvalue weighted by molar-refractivity contribution is 6.11. The van der Waals surface area contributed by atoms with E-state index in [1.54, 1.807) is 0 Å². The van der Waals surface area contributed by atoms with Crippen LogP contribution in [0.2, 0.25) is 5.82 Å². The van der Waals surface area contributed by atoms with E-state index in [0.717, 1.165) is 0 Å². The molecule has 0 amide bonds. The van der Waals surface area contributed by atoms with E-state index in [1.165, 1.54) is 0 Å². The molecule has 3 nitrogen and oxygen atoms in total. The summed E-state index contributed by atoms with van der Waals surface area (Å²) >= 11 is 0. The lowest BCUT2D eigenvalue weighted by Crippen LogP contribution is -2.15. The number of aliphatic hydroxyl groups excluding tert-OH is 1. The Balaban J connectivity index is 2.91. The van der Waals surface area contributed by atoms with Crippen molar-refractivity contribution in [3.8, 4) is 0 Å². The lowest BCUT2D eigenvalue weighted by atomic mass is 9.91. The molecule has 9 heavy (non-hydrogen) atoms. The summed E-state index contributed by atoms with van der Waals surface area (Å²) in [5.41, 5.74) is 0. The summed E-state index contributed by atoms with van der Waals surface area (Å²) in [5.74, 6) is 0.448. The number of hydrogen-bond acceptors (Lipinski definition) is 3. The third-order valence-electron chi connectivity index (χ3n) is 0.718. The quantitative estimate of drug-likeness (QED) is 0.371. The number of hydrogen-bond donors (Lipinski definition) is 2. The van der Waals surface area contributed by atoms with Crippen LogP contribution < -0.4 is 0 Å². The third kappa shape index (κ3) is 7.94. The molecule has 0 spiro atoms. The van der Waals surface area contributed by atoms with Gasteiger partial charge in [0.05, 0.1) is 6.61 Å². The highest BCUT2D eigenvalue weighted by Gasteiger charge is 1.97. The van der Waals surface area contributed by atoms with E-state index < -0.39 is 6.29 Å². The minimum absolute atomic E-state index is 0.0121. The van der Waals surface area contributed by atoms with Crippen LogP contribution in [-0.2, 0) is 4.74 Å². The number of ether oxygens (including phenoxy) is 1. The van der Waals surface area contributed by atoms with E-state index in [1.807, 2.05) is 14.8 Å². The van der Waals surface area contributed by atoms with Crippen LogP contribution in [0.5, 0.6) is 0 Å². The highest BCUT2D eigenvalue weighted by atomic mass is 16.5. The zero-order chi connectivity index (χ0) is 7.28. The maximum atomic E-state index is 8.30. The van der Waals surface area contributed by atoms with E-state index in [-0.39, 0.29) is 6.61 Å². The second-order valence-electron chi connectivity index (χ2n) is 2.41. The maximum Gasteiger partial charge on any atom is 0.175 e. The zero-order valence-electron chi connectivity index (χ0n) is 5.87. The van der Waals surface area contributed by atoms with Gasteiger partial charge in [-0.2, -0.15) is 0 Å². The summed E-state index contributed by atoms with van der Waals surface area (Å²) in [6.07, 6.45) is -1.33. The molecule has 0 aliphatic rings. The second-order valence-corrected chi connectivity index (χ2v) is 2.41. The van der Waals surface area contributed by atoms with Gasteiger partial charge in [-0.15, -0.1) is 0 Å². The van der Waals surface area contributed by atoms with Gasteiger partial charge in [0.2, 0.25) is 0 Å². The molecular formula is C5H13BO3. The van der Waals surface area contributed by atoms with Gasteiger partial charge < -0.3 is 14.9 Å². The zero-order valence-corrected chi connectivity index (χ0v) is 5.87. The van der Waals surface area contributed by atoms with Crippen molar-refractivity contribution in [3.05, 3.63) is 0 Å². The number of rotatable bonds is 4. The lowest BCUT2D eigenvalue weighted by Gasteiger charge is -2.06. The summed E-state index contributed by atoms with van der Waals surface area (Å²) in [6, 6.07) is 0. The van der Waals surface area contributed by atoms with E-state index in [9.17, 15) is 0 Å². The molecule has 0 aliphatic heterocycles. The first kappa shape index (κ1) is 8.94. The Morgan fingerprint density at radius 1 is 1.44 bits per heavy atom. The molecule has 0 aliphatic carbocycles.